The van der Waals surface area contributed by atoms with Crippen molar-refractivity contribution in [2.24, 2.45) is 0 Å². The zero-order chi connectivity index (χ0) is 39.3. The second-order valence-electron chi connectivity index (χ2n) is 16.0. The van der Waals surface area contributed by atoms with Gasteiger partial charge in [0.1, 0.15) is 11.2 Å². The van der Waals surface area contributed by atoms with Crippen LogP contribution < -0.4 is 4.90 Å². The molecule has 0 N–H and O–H groups in total. The van der Waals surface area contributed by atoms with Crippen molar-refractivity contribution in [1.29, 1.82) is 0 Å². The third kappa shape index (κ3) is 5.04. The van der Waals surface area contributed by atoms with Gasteiger partial charge in [-0.2, -0.15) is 0 Å². The molecule has 13 rings (SSSR count). The minimum atomic E-state index is 0.397. The van der Waals surface area contributed by atoms with E-state index in [1.165, 1.54) is 55.6 Å². The van der Waals surface area contributed by atoms with Crippen LogP contribution >= 0.6 is 0 Å². The van der Waals surface area contributed by atoms with Gasteiger partial charge in [0.2, 0.25) is 0 Å². The second-order valence-corrected chi connectivity index (χ2v) is 16.0. The van der Waals surface area contributed by atoms with Gasteiger partial charge in [0.25, 0.3) is 0 Å². The van der Waals surface area contributed by atoms with Crippen LogP contribution in [0.25, 0.3) is 94.7 Å². The van der Waals surface area contributed by atoms with Crippen molar-refractivity contribution >= 4 is 55.1 Å². The van der Waals surface area contributed by atoms with E-state index in [9.17, 15) is 0 Å². The van der Waals surface area contributed by atoms with Gasteiger partial charge >= 0.3 is 0 Å². The van der Waals surface area contributed by atoms with Crippen molar-refractivity contribution in [2.75, 3.05) is 4.90 Å². The molecule has 0 saturated heterocycles. The Hall–Kier alpha value is -7.83. The van der Waals surface area contributed by atoms with Gasteiger partial charge in [0, 0.05) is 61.3 Å². The summed E-state index contributed by atoms with van der Waals surface area (Å²) in [5.74, 6) is 1.90. The number of rotatable bonds is 5. The maximum Gasteiger partial charge on any atom is 0.164 e. The summed E-state index contributed by atoms with van der Waals surface area (Å²) in [4.78, 5) is 17.5. The van der Waals surface area contributed by atoms with Crippen LogP contribution in [0.15, 0.2) is 186 Å². The maximum atomic E-state index is 6.50. The molecule has 60 heavy (non-hydrogen) atoms. The number of furan rings is 1. The highest BCUT2D eigenvalue weighted by molar-refractivity contribution is 6.13. The highest BCUT2D eigenvalue weighted by atomic mass is 16.3. The Bertz CT molecular complexity index is 3400. The van der Waals surface area contributed by atoms with Gasteiger partial charge in [-0.05, 0) is 102 Å². The van der Waals surface area contributed by atoms with E-state index in [1.54, 1.807) is 0 Å². The SMILES string of the molecule is c1ccc(-c2nc(-c3ccccc3)nc(-c3ccc4oc5cccc(-c6ccc7c(c6)CC6Cc8cc(-n9c%10ccccc%10c%10ccccc%109)ccc8N76)c5c4c3)n2)cc1. The zero-order valence-corrected chi connectivity index (χ0v) is 32.5. The summed E-state index contributed by atoms with van der Waals surface area (Å²) in [6.45, 7) is 0. The molecule has 6 nitrogen and oxygen atoms in total. The average molecular weight is 770 g/mol. The molecule has 3 aromatic heterocycles. The number of benzene rings is 8. The van der Waals surface area contributed by atoms with E-state index in [0.29, 0.717) is 23.5 Å². The molecular formula is C54H35N5O. The molecule has 282 valence electrons. The lowest BCUT2D eigenvalue weighted by Gasteiger charge is -2.21. The third-order valence-electron chi connectivity index (χ3n) is 12.5. The molecule has 2 aliphatic rings. The first-order valence-electron chi connectivity index (χ1n) is 20.6. The maximum absolute atomic E-state index is 6.50. The molecule has 5 heterocycles. The van der Waals surface area contributed by atoms with Crippen LogP contribution in [0.3, 0.4) is 0 Å². The number of hydrogen-bond donors (Lipinski definition) is 0. The first kappa shape index (κ1) is 33.2. The van der Waals surface area contributed by atoms with Crippen molar-refractivity contribution in [3.63, 3.8) is 0 Å². The zero-order valence-electron chi connectivity index (χ0n) is 32.5. The minimum Gasteiger partial charge on any atom is -0.456 e. The number of nitrogens with zero attached hydrogens (tertiary/aromatic N) is 5. The Kier molecular flexibility index (Phi) is 7.10. The van der Waals surface area contributed by atoms with Crippen LogP contribution in [-0.4, -0.2) is 25.6 Å². The summed E-state index contributed by atoms with van der Waals surface area (Å²) in [5, 5.41) is 4.71. The lowest BCUT2D eigenvalue weighted by atomic mass is 9.95. The Labute approximate surface area is 345 Å². The molecule has 0 aliphatic carbocycles. The van der Waals surface area contributed by atoms with Crippen molar-refractivity contribution in [3.8, 4) is 51.0 Å². The van der Waals surface area contributed by atoms with E-state index in [-0.39, 0.29) is 0 Å². The molecule has 0 radical (unpaired) electrons. The molecule has 11 aromatic rings. The molecule has 6 heteroatoms. The Morgan fingerprint density at radius 3 is 1.70 bits per heavy atom. The average Bonchev–Trinajstić information content (AvgIpc) is 4.06. The molecule has 0 spiro atoms. The predicted octanol–water partition coefficient (Wildman–Crippen LogP) is 13.2. The minimum absolute atomic E-state index is 0.397. The van der Waals surface area contributed by atoms with E-state index in [4.69, 9.17) is 19.4 Å². The summed E-state index contributed by atoms with van der Waals surface area (Å²) in [6, 6.07) is 64.8. The first-order valence-corrected chi connectivity index (χ1v) is 20.6. The van der Waals surface area contributed by atoms with Gasteiger partial charge in [-0.15, -0.1) is 0 Å². The van der Waals surface area contributed by atoms with Gasteiger partial charge < -0.3 is 13.9 Å². The first-order chi connectivity index (χ1) is 29.7. The molecule has 0 bridgehead atoms. The van der Waals surface area contributed by atoms with Gasteiger partial charge in [-0.1, -0.05) is 115 Å². The summed E-state index contributed by atoms with van der Waals surface area (Å²) in [6.07, 6.45) is 2.02. The summed E-state index contributed by atoms with van der Waals surface area (Å²) in [5.41, 5.74) is 15.9. The molecule has 0 amide bonds. The molecule has 0 saturated carbocycles. The van der Waals surface area contributed by atoms with Crippen LogP contribution in [0.2, 0.25) is 0 Å². The molecule has 8 aromatic carbocycles. The quantitative estimate of drug-likeness (QED) is 0.174. The van der Waals surface area contributed by atoms with Crippen LogP contribution in [0.4, 0.5) is 11.4 Å². The highest BCUT2D eigenvalue weighted by Gasteiger charge is 2.37. The summed E-state index contributed by atoms with van der Waals surface area (Å²) in [7, 11) is 0. The molecule has 1 unspecified atom stereocenters. The molecule has 2 aliphatic heterocycles. The van der Waals surface area contributed by atoms with Crippen LogP contribution in [0, 0.1) is 0 Å². The standard InChI is InChI=1S/C54H35N5O/c1-3-12-33(13-4-1)52-55-53(34-14-5-2-6-15-34)57-54(56-52)36-23-27-49-44(32-36)51-41(18-11-21-50(51)60-49)35-22-25-45-37(28-35)30-40-31-38-29-39(24-26-46(38)59(40)45)58-47-19-9-7-16-42(47)43-17-8-10-20-48(43)58/h1-29,32,40H,30-31H2. The number of aromatic nitrogens is 4. The van der Waals surface area contributed by atoms with E-state index >= 15 is 0 Å². The van der Waals surface area contributed by atoms with Crippen molar-refractivity contribution in [3.05, 3.63) is 193 Å². The fourth-order valence-corrected chi connectivity index (χ4v) is 9.89. The number of fused-ring (bicyclic) bond motifs is 11. The molecule has 1 atom stereocenters. The van der Waals surface area contributed by atoms with Gasteiger partial charge in [0.05, 0.1) is 11.0 Å². The fourth-order valence-electron chi connectivity index (χ4n) is 9.89. The topological polar surface area (TPSA) is 60.0 Å². The smallest absolute Gasteiger partial charge is 0.164 e. The van der Waals surface area contributed by atoms with Gasteiger partial charge in [-0.3, -0.25) is 0 Å². The number of para-hydroxylation sites is 2. The Balaban J connectivity index is 0.879. The largest absolute Gasteiger partial charge is 0.456 e. The van der Waals surface area contributed by atoms with E-state index in [1.807, 2.05) is 66.7 Å². The van der Waals surface area contributed by atoms with Crippen molar-refractivity contribution in [1.82, 2.24) is 19.5 Å². The normalized spacial score (nSPS) is 14.3. The van der Waals surface area contributed by atoms with Crippen LogP contribution in [0.5, 0.6) is 0 Å². The van der Waals surface area contributed by atoms with Crippen molar-refractivity contribution < 1.29 is 4.42 Å². The van der Waals surface area contributed by atoms with E-state index < -0.39 is 0 Å². The lowest BCUT2D eigenvalue weighted by Crippen LogP contribution is -2.22. The fraction of sp³-hybridized carbons (Fsp3) is 0.0556. The van der Waals surface area contributed by atoms with Crippen LogP contribution in [-0.2, 0) is 12.8 Å². The second kappa shape index (κ2) is 12.8. The molecular weight excluding hydrogens is 735 g/mol. The number of hydrogen-bond acceptors (Lipinski definition) is 5. The van der Waals surface area contributed by atoms with Crippen molar-refractivity contribution in [2.45, 2.75) is 18.9 Å². The third-order valence-corrected chi connectivity index (χ3v) is 12.5. The van der Waals surface area contributed by atoms with Gasteiger partial charge in [0.15, 0.2) is 17.5 Å². The number of anilines is 2. The van der Waals surface area contributed by atoms with E-state index in [0.717, 1.165) is 57.0 Å². The summed E-state index contributed by atoms with van der Waals surface area (Å²) >= 11 is 0. The highest BCUT2D eigenvalue weighted by Crippen LogP contribution is 2.49. The predicted molar refractivity (Wildman–Crippen MR) is 243 cm³/mol. The van der Waals surface area contributed by atoms with E-state index in [2.05, 4.69) is 125 Å². The lowest BCUT2D eigenvalue weighted by molar-refractivity contribution is 0.669. The van der Waals surface area contributed by atoms with Crippen LogP contribution in [0.1, 0.15) is 11.1 Å². The Morgan fingerprint density at radius 1 is 0.433 bits per heavy atom. The van der Waals surface area contributed by atoms with Gasteiger partial charge in [-0.25, -0.2) is 15.0 Å². The molecule has 0 fully saturated rings. The Morgan fingerprint density at radius 2 is 1.02 bits per heavy atom. The monoisotopic (exact) mass is 769 g/mol. The summed E-state index contributed by atoms with van der Waals surface area (Å²) < 4.78 is 8.93.